The predicted octanol–water partition coefficient (Wildman–Crippen LogP) is 5.00. The second-order valence-electron chi connectivity index (χ2n) is 4.71. The number of imidazole rings is 1. The van der Waals surface area contributed by atoms with Crippen molar-refractivity contribution in [1.29, 1.82) is 0 Å². The number of hydrogen-bond acceptors (Lipinski definition) is 2. The minimum atomic E-state index is 0.591. The molecule has 0 radical (unpaired) electrons. The van der Waals surface area contributed by atoms with Gasteiger partial charge in [0.15, 0.2) is 0 Å². The van der Waals surface area contributed by atoms with Crippen LogP contribution in [-0.2, 0) is 13.0 Å². The first-order chi connectivity index (χ1) is 9.69. The molecule has 0 spiro atoms. The van der Waals surface area contributed by atoms with Crippen LogP contribution in [0.4, 0.5) is 0 Å². The number of aromatic nitrogens is 2. The lowest BCUT2D eigenvalue weighted by molar-refractivity contribution is 0.760. The molecule has 3 rings (SSSR count). The van der Waals surface area contributed by atoms with Crippen molar-refractivity contribution < 1.29 is 0 Å². The van der Waals surface area contributed by atoms with E-state index in [1.165, 1.54) is 10.4 Å². The molecule has 0 amide bonds. The molecule has 0 fully saturated rings. The topological polar surface area (TPSA) is 17.8 Å². The van der Waals surface area contributed by atoms with Crippen LogP contribution in [0.1, 0.15) is 16.3 Å². The zero-order chi connectivity index (χ0) is 14.1. The molecule has 0 saturated heterocycles. The second kappa shape index (κ2) is 5.88. The summed E-state index contributed by atoms with van der Waals surface area (Å²) >= 11 is 11.3. The fourth-order valence-electron chi connectivity index (χ4n) is 2.31. The highest BCUT2D eigenvalue weighted by Gasteiger charge is 2.12. The Labute approximate surface area is 135 Å². The minimum absolute atomic E-state index is 0.591. The normalized spacial score (nSPS) is 11.3. The van der Waals surface area contributed by atoms with Crippen LogP contribution in [0.3, 0.4) is 0 Å². The van der Waals surface area contributed by atoms with Gasteiger partial charge in [-0.25, -0.2) is 4.98 Å². The quantitative estimate of drug-likeness (QED) is 0.592. The summed E-state index contributed by atoms with van der Waals surface area (Å²) in [4.78, 5) is 6.09. The van der Waals surface area contributed by atoms with Crippen molar-refractivity contribution in [1.82, 2.24) is 9.55 Å². The van der Waals surface area contributed by atoms with Crippen LogP contribution in [0, 0.1) is 6.92 Å². The van der Waals surface area contributed by atoms with E-state index in [-0.39, 0.29) is 0 Å². The molecule has 104 valence electrons. The summed E-state index contributed by atoms with van der Waals surface area (Å²) in [7, 11) is 0. The Morgan fingerprint density at radius 3 is 2.90 bits per heavy atom. The molecule has 2 aromatic heterocycles. The molecule has 0 saturated carbocycles. The van der Waals surface area contributed by atoms with Gasteiger partial charge in [0, 0.05) is 21.7 Å². The molecule has 0 unspecified atom stereocenters. The van der Waals surface area contributed by atoms with Crippen LogP contribution in [0.15, 0.2) is 34.1 Å². The number of halogens is 2. The Balaban J connectivity index is 2.12. The SMILES string of the molecule is Cc1ccsc1Cn1c(CCCl)nc2ccc(Br)cc21. The first-order valence-electron chi connectivity index (χ1n) is 6.42. The highest BCUT2D eigenvalue weighted by molar-refractivity contribution is 9.10. The lowest BCUT2D eigenvalue weighted by atomic mass is 10.2. The number of benzene rings is 1. The summed E-state index contributed by atoms with van der Waals surface area (Å²) in [5.74, 6) is 1.65. The molecule has 0 atom stereocenters. The van der Waals surface area contributed by atoms with Crippen molar-refractivity contribution >= 4 is 49.9 Å². The largest absolute Gasteiger partial charge is 0.323 e. The molecule has 3 aromatic rings. The molecule has 0 aliphatic heterocycles. The Morgan fingerprint density at radius 1 is 1.35 bits per heavy atom. The van der Waals surface area contributed by atoms with Crippen molar-refractivity contribution in [2.24, 2.45) is 0 Å². The van der Waals surface area contributed by atoms with E-state index in [0.29, 0.717) is 5.88 Å². The Kier molecular flexibility index (Phi) is 4.15. The van der Waals surface area contributed by atoms with Gasteiger partial charge < -0.3 is 4.57 Å². The third kappa shape index (κ3) is 2.65. The Morgan fingerprint density at radius 2 is 2.20 bits per heavy atom. The van der Waals surface area contributed by atoms with Crippen LogP contribution in [0.5, 0.6) is 0 Å². The number of fused-ring (bicyclic) bond motifs is 1. The van der Waals surface area contributed by atoms with E-state index in [4.69, 9.17) is 16.6 Å². The number of alkyl halides is 1. The predicted molar refractivity (Wildman–Crippen MR) is 90.0 cm³/mol. The minimum Gasteiger partial charge on any atom is -0.323 e. The first-order valence-corrected chi connectivity index (χ1v) is 8.63. The lowest BCUT2D eigenvalue weighted by Gasteiger charge is -2.08. The fourth-order valence-corrected chi connectivity index (χ4v) is 3.72. The maximum atomic E-state index is 5.92. The molecule has 0 N–H and O–H groups in total. The van der Waals surface area contributed by atoms with E-state index >= 15 is 0 Å². The first kappa shape index (κ1) is 14.1. The Hall–Kier alpha value is -0.840. The van der Waals surface area contributed by atoms with Crippen molar-refractivity contribution in [3.05, 3.63) is 50.4 Å². The summed E-state index contributed by atoms with van der Waals surface area (Å²) < 4.78 is 3.35. The van der Waals surface area contributed by atoms with Crippen LogP contribution in [0.25, 0.3) is 11.0 Å². The third-order valence-corrected chi connectivity index (χ3v) is 5.07. The van der Waals surface area contributed by atoms with E-state index in [1.807, 2.05) is 6.07 Å². The third-order valence-electron chi connectivity index (χ3n) is 3.38. The highest BCUT2D eigenvalue weighted by Crippen LogP contribution is 2.25. The average Bonchev–Trinajstić information content (AvgIpc) is 2.96. The van der Waals surface area contributed by atoms with E-state index in [1.54, 1.807) is 11.3 Å². The molecule has 1 aromatic carbocycles. The summed E-state index contributed by atoms with van der Waals surface area (Å²) in [6, 6.07) is 8.37. The molecule has 20 heavy (non-hydrogen) atoms. The van der Waals surface area contributed by atoms with Gasteiger partial charge in [0.2, 0.25) is 0 Å². The standard InChI is InChI=1S/C15H14BrClN2S/c1-10-5-7-20-14(10)9-19-13-8-11(16)2-3-12(13)18-15(19)4-6-17/h2-3,5,7-8H,4,6,9H2,1H3. The lowest BCUT2D eigenvalue weighted by Crippen LogP contribution is -2.05. The summed E-state index contributed by atoms with van der Waals surface area (Å²) in [6.45, 7) is 3.02. The molecule has 0 aliphatic carbocycles. The number of nitrogens with zero attached hydrogens (tertiary/aromatic N) is 2. The van der Waals surface area contributed by atoms with Gasteiger partial charge in [0.1, 0.15) is 5.82 Å². The highest BCUT2D eigenvalue weighted by atomic mass is 79.9. The van der Waals surface area contributed by atoms with Gasteiger partial charge in [-0.15, -0.1) is 22.9 Å². The molecular weight excluding hydrogens is 356 g/mol. The van der Waals surface area contributed by atoms with Crippen LogP contribution < -0.4 is 0 Å². The van der Waals surface area contributed by atoms with Gasteiger partial charge in [-0.05, 0) is 42.1 Å². The van der Waals surface area contributed by atoms with E-state index in [0.717, 1.165) is 34.3 Å². The maximum Gasteiger partial charge on any atom is 0.111 e. The molecule has 0 aliphatic rings. The van der Waals surface area contributed by atoms with Gasteiger partial charge in [-0.2, -0.15) is 0 Å². The van der Waals surface area contributed by atoms with Gasteiger partial charge in [-0.3, -0.25) is 0 Å². The molecule has 5 heteroatoms. The van der Waals surface area contributed by atoms with Crippen molar-refractivity contribution in [3.8, 4) is 0 Å². The molecule has 2 nitrogen and oxygen atoms in total. The zero-order valence-corrected chi connectivity index (χ0v) is 14.2. The molecular formula is C15H14BrClN2S. The summed E-state index contributed by atoms with van der Waals surface area (Å²) in [6.07, 6.45) is 0.790. The maximum absolute atomic E-state index is 5.92. The summed E-state index contributed by atoms with van der Waals surface area (Å²) in [5.41, 5.74) is 3.53. The zero-order valence-electron chi connectivity index (χ0n) is 11.1. The summed E-state index contributed by atoms with van der Waals surface area (Å²) in [5, 5.41) is 2.14. The number of rotatable bonds is 4. The van der Waals surface area contributed by atoms with Crippen molar-refractivity contribution in [2.75, 3.05) is 5.88 Å². The van der Waals surface area contributed by atoms with Crippen molar-refractivity contribution in [2.45, 2.75) is 19.9 Å². The number of aryl methyl sites for hydroxylation is 2. The van der Waals surface area contributed by atoms with Crippen molar-refractivity contribution in [3.63, 3.8) is 0 Å². The number of thiophene rings is 1. The van der Waals surface area contributed by atoms with Gasteiger partial charge in [-0.1, -0.05) is 15.9 Å². The van der Waals surface area contributed by atoms with Crippen LogP contribution in [-0.4, -0.2) is 15.4 Å². The number of hydrogen-bond donors (Lipinski definition) is 0. The smallest absolute Gasteiger partial charge is 0.111 e. The van der Waals surface area contributed by atoms with Gasteiger partial charge >= 0.3 is 0 Å². The van der Waals surface area contributed by atoms with E-state index in [2.05, 4.69) is 51.0 Å². The van der Waals surface area contributed by atoms with Crippen LogP contribution in [0.2, 0.25) is 0 Å². The Bertz CT molecular complexity index is 747. The van der Waals surface area contributed by atoms with Crippen LogP contribution >= 0.6 is 38.9 Å². The monoisotopic (exact) mass is 368 g/mol. The average molecular weight is 370 g/mol. The molecule has 2 heterocycles. The van der Waals surface area contributed by atoms with E-state index < -0.39 is 0 Å². The fraction of sp³-hybridized carbons (Fsp3) is 0.267. The van der Waals surface area contributed by atoms with Gasteiger partial charge in [0.25, 0.3) is 0 Å². The van der Waals surface area contributed by atoms with E-state index in [9.17, 15) is 0 Å². The molecule has 0 bridgehead atoms. The second-order valence-corrected chi connectivity index (χ2v) is 7.01. The van der Waals surface area contributed by atoms with Gasteiger partial charge in [0.05, 0.1) is 17.6 Å².